The number of imide groups is 1. The van der Waals surface area contributed by atoms with Crippen molar-refractivity contribution in [2.75, 3.05) is 6.54 Å². The average molecular weight is 363 g/mol. The van der Waals surface area contributed by atoms with Gasteiger partial charge in [0.2, 0.25) is 0 Å². The monoisotopic (exact) mass is 363 g/mol. The molecule has 0 fully saturated rings. The largest absolute Gasteiger partial charge is 0.274 e. The standard InChI is InChI=1S/C20H17N3O2S/c24-19-16-8-1-2-9-17(16)20(25)23(19)11-4-3-7-15-13-22-18(26-15)14-6-5-10-21-12-14/h1-2,5-6,8-10,12-13H,3-4,7,11H2. The Kier molecular flexibility index (Phi) is 4.58. The number of carbonyl (C=O) groups is 2. The topological polar surface area (TPSA) is 63.2 Å². The van der Waals surface area contributed by atoms with Crippen LogP contribution in [-0.4, -0.2) is 33.2 Å². The van der Waals surface area contributed by atoms with Gasteiger partial charge in [-0.2, -0.15) is 0 Å². The van der Waals surface area contributed by atoms with Gasteiger partial charge in [0.05, 0.1) is 11.1 Å². The van der Waals surface area contributed by atoms with Gasteiger partial charge in [0.15, 0.2) is 0 Å². The number of fused-ring (bicyclic) bond motifs is 1. The van der Waals surface area contributed by atoms with Gasteiger partial charge < -0.3 is 0 Å². The van der Waals surface area contributed by atoms with Crippen LogP contribution in [0.1, 0.15) is 38.4 Å². The van der Waals surface area contributed by atoms with Gasteiger partial charge in [-0.25, -0.2) is 4.98 Å². The summed E-state index contributed by atoms with van der Waals surface area (Å²) in [4.78, 5) is 35.8. The maximum absolute atomic E-state index is 12.3. The van der Waals surface area contributed by atoms with Gasteiger partial charge >= 0.3 is 0 Å². The first-order valence-corrected chi connectivity index (χ1v) is 9.36. The second-order valence-corrected chi connectivity index (χ2v) is 7.25. The number of aromatic nitrogens is 2. The smallest absolute Gasteiger partial charge is 0.261 e. The molecule has 0 spiro atoms. The number of hydrogen-bond donors (Lipinski definition) is 0. The molecule has 0 atom stereocenters. The Hall–Kier alpha value is -2.86. The summed E-state index contributed by atoms with van der Waals surface area (Å²) in [6, 6.07) is 10.9. The second-order valence-electron chi connectivity index (χ2n) is 6.14. The number of pyridine rings is 1. The van der Waals surface area contributed by atoms with E-state index in [9.17, 15) is 9.59 Å². The molecule has 2 amide bonds. The number of aryl methyl sites for hydroxylation is 1. The van der Waals surface area contributed by atoms with Crippen molar-refractivity contribution in [3.8, 4) is 10.6 Å². The van der Waals surface area contributed by atoms with Gasteiger partial charge in [-0.3, -0.25) is 19.5 Å². The fraction of sp³-hybridized carbons (Fsp3) is 0.200. The maximum Gasteiger partial charge on any atom is 0.261 e. The Balaban J connectivity index is 1.31. The molecule has 0 saturated carbocycles. The molecule has 2 aromatic heterocycles. The normalized spacial score (nSPS) is 13.3. The lowest BCUT2D eigenvalue weighted by atomic mass is 10.1. The van der Waals surface area contributed by atoms with Crippen LogP contribution in [0.25, 0.3) is 10.6 Å². The van der Waals surface area contributed by atoms with E-state index in [2.05, 4.69) is 9.97 Å². The SMILES string of the molecule is O=C1c2ccccc2C(=O)N1CCCCc1cnc(-c2cccnc2)s1. The fourth-order valence-corrected chi connectivity index (χ4v) is 4.00. The van der Waals surface area contributed by atoms with Crippen LogP contribution in [0, 0.1) is 0 Å². The van der Waals surface area contributed by atoms with Gasteiger partial charge in [-0.05, 0) is 43.5 Å². The molecule has 6 heteroatoms. The fourth-order valence-electron chi connectivity index (χ4n) is 3.06. The van der Waals surface area contributed by atoms with Crippen molar-refractivity contribution < 1.29 is 9.59 Å². The van der Waals surface area contributed by atoms with E-state index >= 15 is 0 Å². The lowest BCUT2D eigenvalue weighted by Crippen LogP contribution is -2.30. The van der Waals surface area contributed by atoms with E-state index in [-0.39, 0.29) is 11.8 Å². The number of carbonyl (C=O) groups excluding carboxylic acids is 2. The Bertz CT molecular complexity index is 917. The number of rotatable bonds is 6. The van der Waals surface area contributed by atoms with Crippen LogP contribution >= 0.6 is 11.3 Å². The molecule has 130 valence electrons. The molecule has 4 rings (SSSR count). The van der Waals surface area contributed by atoms with Gasteiger partial charge in [0, 0.05) is 35.6 Å². The zero-order valence-electron chi connectivity index (χ0n) is 14.1. The van der Waals surface area contributed by atoms with E-state index in [4.69, 9.17) is 0 Å². The zero-order valence-corrected chi connectivity index (χ0v) is 14.9. The third-order valence-corrected chi connectivity index (χ3v) is 5.50. The van der Waals surface area contributed by atoms with Gasteiger partial charge in [0.1, 0.15) is 5.01 Å². The van der Waals surface area contributed by atoms with E-state index in [0.717, 1.165) is 29.8 Å². The summed E-state index contributed by atoms with van der Waals surface area (Å²) in [6.07, 6.45) is 8.03. The van der Waals surface area contributed by atoms with Crippen LogP contribution in [0.15, 0.2) is 55.0 Å². The van der Waals surface area contributed by atoms with Gasteiger partial charge in [0.25, 0.3) is 11.8 Å². The molecule has 1 aliphatic rings. The van der Waals surface area contributed by atoms with Crippen LogP contribution in [0.3, 0.4) is 0 Å². The minimum absolute atomic E-state index is 0.178. The highest BCUT2D eigenvalue weighted by molar-refractivity contribution is 7.15. The summed E-state index contributed by atoms with van der Waals surface area (Å²) >= 11 is 1.66. The van der Waals surface area contributed by atoms with Crippen LogP contribution in [0.4, 0.5) is 0 Å². The number of amides is 2. The van der Waals surface area contributed by atoms with E-state index in [1.165, 1.54) is 9.78 Å². The van der Waals surface area contributed by atoms with Crippen molar-refractivity contribution in [2.24, 2.45) is 0 Å². The summed E-state index contributed by atoms with van der Waals surface area (Å²) in [6.45, 7) is 0.459. The summed E-state index contributed by atoms with van der Waals surface area (Å²) < 4.78 is 0. The Morgan fingerprint density at radius 1 is 0.923 bits per heavy atom. The van der Waals surface area contributed by atoms with Crippen molar-refractivity contribution in [3.63, 3.8) is 0 Å². The van der Waals surface area contributed by atoms with Crippen LogP contribution in [0.5, 0.6) is 0 Å². The number of nitrogens with zero attached hydrogens (tertiary/aromatic N) is 3. The summed E-state index contributed by atoms with van der Waals surface area (Å²) in [5.41, 5.74) is 2.05. The highest BCUT2D eigenvalue weighted by Gasteiger charge is 2.34. The quantitative estimate of drug-likeness (QED) is 0.493. The molecule has 5 nitrogen and oxygen atoms in total. The first kappa shape index (κ1) is 16.6. The Labute approximate surface area is 155 Å². The summed E-state index contributed by atoms with van der Waals surface area (Å²) in [7, 11) is 0. The molecule has 1 aliphatic heterocycles. The lowest BCUT2D eigenvalue weighted by molar-refractivity contribution is 0.0652. The molecule has 0 N–H and O–H groups in total. The summed E-state index contributed by atoms with van der Waals surface area (Å²) in [5, 5.41) is 0.966. The summed E-state index contributed by atoms with van der Waals surface area (Å²) in [5.74, 6) is -0.357. The molecule has 0 aliphatic carbocycles. The van der Waals surface area contributed by atoms with Crippen molar-refractivity contribution >= 4 is 23.2 Å². The number of benzene rings is 1. The minimum Gasteiger partial charge on any atom is -0.274 e. The molecule has 1 aromatic carbocycles. The Morgan fingerprint density at radius 2 is 1.69 bits per heavy atom. The Morgan fingerprint density at radius 3 is 2.38 bits per heavy atom. The highest BCUT2D eigenvalue weighted by Crippen LogP contribution is 2.26. The van der Waals surface area contributed by atoms with Crippen molar-refractivity contribution in [2.45, 2.75) is 19.3 Å². The van der Waals surface area contributed by atoms with E-state index in [1.807, 2.05) is 24.5 Å². The number of hydrogen-bond acceptors (Lipinski definition) is 5. The first-order valence-electron chi connectivity index (χ1n) is 8.54. The molecule has 0 saturated heterocycles. The second kappa shape index (κ2) is 7.17. The van der Waals surface area contributed by atoms with Crippen molar-refractivity contribution in [3.05, 3.63) is 71.0 Å². The van der Waals surface area contributed by atoms with Crippen LogP contribution < -0.4 is 0 Å². The molecule has 3 heterocycles. The first-order chi connectivity index (χ1) is 12.7. The molecule has 0 radical (unpaired) electrons. The number of thiazole rings is 1. The number of unbranched alkanes of at least 4 members (excludes halogenated alkanes) is 1. The van der Waals surface area contributed by atoms with Gasteiger partial charge in [-0.1, -0.05) is 12.1 Å². The van der Waals surface area contributed by atoms with Crippen LogP contribution in [0.2, 0.25) is 0 Å². The predicted octanol–water partition coefficient (Wildman–Crippen LogP) is 3.82. The lowest BCUT2D eigenvalue weighted by Gasteiger charge is -2.13. The highest BCUT2D eigenvalue weighted by atomic mass is 32.1. The molecule has 3 aromatic rings. The minimum atomic E-state index is -0.178. The van der Waals surface area contributed by atoms with Crippen molar-refractivity contribution in [1.29, 1.82) is 0 Å². The molecule has 0 unspecified atom stereocenters. The molecule has 26 heavy (non-hydrogen) atoms. The average Bonchev–Trinajstić information content (AvgIpc) is 3.25. The van der Waals surface area contributed by atoms with Gasteiger partial charge in [-0.15, -0.1) is 11.3 Å². The third-order valence-electron chi connectivity index (χ3n) is 4.40. The third kappa shape index (κ3) is 3.15. The van der Waals surface area contributed by atoms with E-state index in [1.54, 1.807) is 41.8 Å². The van der Waals surface area contributed by atoms with Crippen molar-refractivity contribution in [1.82, 2.24) is 14.9 Å². The zero-order chi connectivity index (χ0) is 17.9. The molecular weight excluding hydrogens is 346 g/mol. The maximum atomic E-state index is 12.3. The molecular formula is C20H17N3O2S. The predicted molar refractivity (Wildman–Crippen MR) is 100 cm³/mol. The van der Waals surface area contributed by atoms with E-state index < -0.39 is 0 Å². The van der Waals surface area contributed by atoms with Crippen LogP contribution in [-0.2, 0) is 6.42 Å². The molecule has 0 bridgehead atoms. The van der Waals surface area contributed by atoms with E-state index in [0.29, 0.717) is 17.7 Å².